The molecule has 0 atom stereocenters. The smallest absolute Gasteiger partial charge is 0.398 e. The maximum Gasteiger partial charge on any atom is 0.418 e. The molecule has 0 aliphatic heterocycles. The fourth-order valence-corrected chi connectivity index (χ4v) is 1.25. The Balaban J connectivity index is 3.02. The van der Waals surface area contributed by atoms with Gasteiger partial charge in [-0.2, -0.15) is 13.2 Å². The SMILES string of the molecule is COC(C)(C)C(=O)Nc1ccc(N)c(C(F)(F)F)c1. The first kappa shape index (κ1) is 15.3. The van der Waals surface area contributed by atoms with Crippen LogP contribution >= 0.6 is 0 Å². The van der Waals surface area contributed by atoms with E-state index in [1.165, 1.54) is 27.0 Å². The predicted molar refractivity (Wildman–Crippen MR) is 65.6 cm³/mol. The van der Waals surface area contributed by atoms with E-state index in [4.69, 9.17) is 10.5 Å². The first-order chi connectivity index (χ1) is 8.58. The van der Waals surface area contributed by atoms with Gasteiger partial charge in [0.2, 0.25) is 0 Å². The first-order valence-electron chi connectivity index (χ1n) is 5.41. The van der Waals surface area contributed by atoms with E-state index in [1.807, 2.05) is 0 Å². The molecular weight excluding hydrogens is 261 g/mol. The lowest BCUT2D eigenvalue weighted by Crippen LogP contribution is -2.38. The van der Waals surface area contributed by atoms with Crippen LogP contribution in [0.1, 0.15) is 19.4 Å². The number of alkyl halides is 3. The van der Waals surface area contributed by atoms with Gasteiger partial charge in [-0.25, -0.2) is 0 Å². The summed E-state index contributed by atoms with van der Waals surface area (Å²) in [5.74, 6) is -0.548. The number of methoxy groups -OCH3 is 1. The molecule has 0 spiro atoms. The molecule has 0 saturated heterocycles. The largest absolute Gasteiger partial charge is 0.418 e. The van der Waals surface area contributed by atoms with Crippen LogP contribution in [0.25, 0.3) is 0 Å². The number of nitrogens with two attached hydrogens (primary N) is 1. The third-order valence-electron chi connectivity index (χ3n) is 2.67. The molecule has 1 rings (SSSR count). The van der Waals surface area contributed by atoms with Crippen LogP contribution in [0.4, 0.5) is 24.5 Å². The van der Waals surface area contributed by atoms with Gasteiger partial charge in [0.05, 0.1) is 5.56 Å². The molecule has 0 aliphatic rings. The zero-order valence-electron chi connectivity index (χ0n) is 10.8. The quantitative estimate of drug-likeness (QED) is 0.834. The van der Waals surface area contributed by atoms with Crippen LogP contribution in [-0.2, 0) is 15.7 Å². The molecule has 0 fully saturated rings. The third-order valence-corrected chi connectivity index (χ3v) is 2.67. The lowest BCUT2D eigenvalue weighted by atomic mass is 10.1. The van der Waals surface area contributed by atoms with Crippen molar-refractivity contribution in [1.82, 2.24) is 0 Å². The second-order valence-corrected chi connectivity index (χ2v) is 4.47. The van der Waals surface area contributed by atoms with Gasteiger partial charge in [-0.15, -0.1) is 0 Å². The van der Waals surface area contributed by atoms with Gasteiger partial charge in [-0.1, -0.05) is 0 Å². The molecule has 1 amide bonds. The normalized spacial score (nSPS) is 12.3. The Morgan fingerprint density at radius 3 is 2.37 bits per heavy atom. The summed E-state index contributed by atoms with van der Waals surface area (Å²) in [6.45, 7) is 3.01. The van der Waals surface area contributed by atoms with Crippen molar-refractivity contribution < 1.29 is 22.7 Å². The maximum atomic E-state index is 12.6. The highest BCUT2D eigenvalue weighted by molar-refractivity contribution is 5.97. The second-order valence-electron chi connectivity index (χ2n) is 4.47. The molecule has 4 nitrogen and oxygen atoms in total. The topological polar surface area (TPSA) is 64.3 Å². The molecule has 0 unspecified atom stereocenters. The summed E-state index contributed by atoms with van der Waals surface area (Å²) < 4.78 is 42.9. The predicted octanol–water partition coefficient (Wildman–Crippen LogP) is 2.65. The van der Waals surface area contributed by atoms with E-state index >= 15 is 0 Å². The Morgan fingerprint density at radius 2 is 1.89 bits per heavy atom. The Hall–Kier alpha value is -1.76. The summed E-state index contributed by atoms with van der Waals surface area (Å²) in [6.07, 6.45) is -4.57. The molecule has 106 valence electrons. The fraction of sp³-hybridized carbons (Fsp3) is 0.417. The van der Waals surface area contributed by atoms with Gasteiger partial charge in [0, 0.05) is 18.5 Å². The molecule has 0 radical (unpaired) electrons. The van der Waals surface area contributed by atoms with Crippen LogP contribution in [0.2, 0.25) is 0 Å². The number of rotatable bonds is 3. The molecule has 0 heterocycles. The average molecular weight is 276 g/mol. The van der Waals surface area contributed by atoms with Crippen LogP contribution in [0.3, 0.4) is 0 Å². The van der Waals surface area contributed by atoms with E-state index in [9.17, 15) is 18.0 Å². The number of halogens is 3. The first-order valence-corrected chi connectivity index (χ1v) is 5.41. The highest BCUT2D eigenvalue weighted by Crippen LogP contribution is 2.35. The number of hydrogen-bond acceptors (Lipinski definition) is 3. The molecule has 7 heteroatoms. The van der Waals surface area contributed by atoms with Crippen LogP contribution in [0, 0.1) is 0 Å². The van der Waals surface area contributed by atoms with E-state index in [1.54, 1.807) is 0 Å². The van der Waals surface area contributed by atoms with Crippen molar-refractivity contribution in [3.63, 3.8) is 0 Å². The van der Waals surface area contributed by atoms with E-state index in [0.717, 1.165) is 12.1 Å². The molecule has 0 saturated carbocycles. The minimum Gasteiger partial charge on any atom is -0.398 e. The Morgan fingerprint density at radius 1 is 1.32 bits per heavy atom. The Labute approximate surface area is 108 Å². The number of carbonyl (C=O) groups excluding carboxylic acids is 1. The van der Waals surface area contributed by atoms with Gasteiger partial charge in [-0.05, 0) is 32.0 Å². The van der Waals surface area contributed by atoms with Crippen molar-refractivity contribution >= 4 is 17.3 Å². The number of benzene rings is 1. The van der Waals surface area contributed by atoms with Gasteiger partial charge in [-0.3, -0.25) is 4.79 Å². The second kappa shape index (κ2) is 5.08. The molecule has 1 aromatic rings. The summed E-state index contributed by atoms with van der Waals surface area (Å²) in [5.41, 5.74) is 2.75. The van der Waals surface area contributed by atoms with Crippen molar-refractivity contribution in [2.24, 2.45) is 0 Å². The number of nitrogens with one attached hydrogen (secondary N) is 1. The highest BCUT2D eigenvalue weighted by atomic mass is 19.4. The van der Waals surface area contributed by atoms with Crippen molar-refractivity contribution in [3.8, 4) is 0 Å². The Kier molecular flexibility index (Phi) is 4.09. The van der Waals surface area contributed by atoms with Gasteiger partial charge >= 0.3 is 6.18 Å². The van der Waals surface area contributed by atoms with Crippen LogP contribution in [-0.4, -0.2) is 18.6 Å². The summed E-state index contributed by atoms with van der Waals surface area (Å²) in [5, 5.41) is 2.35. The van der Waals surface area contributed by atoms with E-state index < -0.39 is 28.9 Å². The molecule has 0 aromatic heterocycles. The fourth-order valence-electron chi connectivity index (χ4n) is 1.25. The van der Waals surface area contributed by atoms with Crippen molar-refractivity contribution in [2.75, 3.05) is 18.2 Å². The summed E-state index contributed by atoms with van der Waals surface area (Å²) in [4.78, 5) is 11.8. The number of ether oxygens (including phenoxy) is 1. The van der Waals surface area contributed by atoms with Gasteiger partial charge in [0.25, 0.3) is 5.91 Å². The van der Waals surface area contributed by atoms with Crippen LogP contribution in [0.5, 0.6) is 0 Å². The Bertz CT molecular complexity index is 484. The van der Waals surface area contributed by atoms with Crippen molar-refractivity contribution in [2.45, 2.75) is 25.6 Å². The zero-order chi connectivity index (χ0) is 14.8. The molecule has 3 N–H and O–H groups in total. The summed E-state index contributed by atoms with van der Waals surface area (Å²) in [6, 6.07) is 3.19. The number of nitrogen functional groups attached to an aromatic ring is 1. The average Bonchev–Trinajstić information content (AvgIpc) is 2.30. The van der Waals surface area contributed by atoms with Crippen LogP contribution in [0.15, 0.2) is 18.2 Å². The van der Waals surface area contributed by atoms with Gasteiger partial charge in [0.15, 0.2) is 0 Å². The molecule has 0 bridgehead atoms. The van der Waals surface area contributed by atoms with Crippen molar-refractivity contribution in [1.29, 1.82) is 0 Å². The molecule has 19 heavy (non-hydrogen) atoms. The third kappa shape index (κ3) is 3.60. The minimum absolute atomic E-state index is 0.0108. The lowest BCUT2D eigenvalue weighted by Gasteiger charge is -2.22. The molecule has 0 aliphatic carbocycles. The standard InChI is InChI=1S/C12H15F3N2O2/c1-11(2,19-3)10(18)17-7-4-5-9(16)8(6-7)12(13,14)15/h4-6H,16H2,1-3H3,(H,17,18). The number of amides is 1. The van der Waals surface area contributed by atoms with Gasteiger partial charge in [0.1, 0.15) is 5.60 Å². The van der Waals surface area contributed by atoms with E-state index in [0.29, 0.717) is 0 Å². The maximum absolute atomic E-state index is 12.6. The van der Waals surface area contributed by atoms with Crippen LogP contribution < -0.4 is 11.1 Å². The van der Waals surface area contributed by atoms with E-state index in [2.05, 4.69) is 5.32 Å². The summed E-state index contributed by atoms with van der Waals surface area (Å²) >= 11 is 0. The zero-order valence-corrected chi connectivity index (χ0v) is 10.8. The number of anilines is 2. The highest BCUT2D eigenvalue weighted by Gasteiger charge is 2.34. The minimum atomic E-state index is -4.57. The van der Waals surface area contributed by atoms with Gasteiger partial charge < -0.3 is 15.8 Å². The molecular formula is C12H15F3N2O2. The monoisotopic (exact) mass is 276 g/mol. The number of carbonyl (C=O) groups is 1. The van der Waals surface area contributed by atoms with E-state index in [-0.39, 0.29) is 5.69 Å². The summed E-state index contributed by atoms with van der Waals surface area (Å²) in [7, 11) is 1.34. The lowest BCUT2D eigenvalue weighted by molar-refractivity contribution is -0.137. The van der Waals surface area contributed by atoms with Crippen molar-refractivity contribution in [3.05, 3.63) is 23.8 Å². The molecule has 1 aromatic carbocycles. The number of hydrogen-bond donors (Lipinski definition) is 2.